The summed E-state index contributed by atoms with van der Waals surface area (Å²) in [5.41, 5.74) is 10.5. The molecule has 0 aliphatic carbocycles. The van der Waals surface area contributed by atoms with Gasteiger partial charge in [0, 0.05) is 5.69 Å². The number of nitrogens with two attached hydrogens (primary N) is 1. The van der Waals surface area contributed by atoms with Gasteiger partial charge in [-0.05, 0) is 42.8 Å². The summed E-state index contributed by atoms with van der Waals surface area (Å²) in [5, 5.41) is 8.29. The van der Waals surface area contributed by atoms with Crippen LogP contribution in [0, 0.1) is 6.92 Å². The van der Waals surface area contributed by atoms with Crippen molar-refractivity contribution in [2.24, 2.45) is 0 Å². The van der Waals surface area contributed by atoms with E-state index in [1.807, 2.05) is 54.1 Å². The van der Waals surface area contributed by atoms with Crippen LogP contribution in [0.4, 0.5) is 5.69 Å². The molecule has 0 aliphatic heterocycles. The lowest BCUT2D eigenvalue weighted by Gasteiger charge is -2.05. The lowest BCUT2D eigenvalue weighted by atomic mass is 10.2. The molecular weight excluding hydrogens is 212 g/mol. The standard InChI is InChI=1S/C13H12N4/c1-9-8-10(6-7-11(9)14)17-13-5-3-2-4-12(13)15-16-17/h2-8H,14H2,1H3. The molecule has 0 amide bonds. The molecule has 2 aromatic carbocycles. The lowest BCUT2D eigenvalue weighted by molar-refractivity contribution is 0.823. The molecule has 0 spiro atoms. The van der Waals surface area contributed by atoms with Gasteiger partial charge >= 0.3 is 0 Å². The summed E-state index contributed by atoms with van der Waals surface area (Å²) in [6.45, 7) is 1.98. The van der Waals surface area contributed by atoms with Gasteiger partial charge in [0.1, 0.15) is 5.52 Å². The van der Waals surface area contributed by atoms with Crippen LogP contribution in [-0.2, 0) is 0 Å². The van der Waals surface area contributed by atoms with Crippen molar-refractivity contribution in [3.63, 3.8) is 0 Å². The Kier molecular flexibility index (Phi) is 2.08. The molecule has 3 aromatic rings. The van der Waals surface area contributed by atoms with Gasteiger partial charge in [-0.1, -0.05) is 17.3 Å². The fraction of sp³-hybridized carbons (Fsp3) is 0.0769. The highest BCUT2D eigenvalue weighted by Crippen LogP contribution is 2.19. The SMILES string of the molecule is Cc1cc(-n2nnc3ccccc32)ccc1N. The Hall–Kier alpha value is -2.36. The zero-order chi connectivity index (χ0) is 11.8. The molecule has 0 aliphatic rings. The first-order valence-corrected chi connectivity index (χ1v) is 5.42. The minimum atomic E-state index is 0.790. The minimum Gasteiger partial charge on any atom is -0.399 e. The van der Waals surface area contributed by atoms with E-state index in [0.717, 1.165) is 28.0 Å². The first-order valence-electron chi connectivity index (χ1n) is 5.42. The molecule has 0 unspecified atom stereocenters. The van der Waals surface area contributed by atoms with Gasteiger partial charge in [-0.15, -0.1) is 5.10 Å². The molecule has 1 heterocycles. The third-order valence-electron chi connectivity index (χ3n) is 2.85. The fourth-order valence-electron chi connectivity index (χ4n) is 1.85. The maximum absolute atomic E-state index is 5.81. The second kappa shape index (κ2) is 3.59. The molecule has 0 saturated carbocycles. The van der Waals surface area contributed by atoms with Crippen LogP contribution in [0.2, 0.25) is 0 Å². The molecule has 4 heteroatoms. The molecule has 3 rings (SSSR count). The number of aryl methyl sites for hydroxylation is 1. The quantitative estimate of drug-likeness (QED) is 0.645. The number of nitrogens with zero attached hydrogens (tertiary/aromatic N) is 3. The summed E-state index contributed by atoms with van der Waals surface area (Å²) in [7, 11) is 0. The summed E-state index contributed by atoms with van der Waals surface area (Å²) in [6, 6.07) is 13.7. The van der Waals surface area contributed by atoms with Crippen molar-refractivity contribution < 1.29 is 0 Å². The molecule has 17 heavy (non-hydrogen) atoms. The van der Waals surface area contributed by atoms with Crippen LogP contribution >= 0.6 is 0 Å². The first-order chi connectivity index (χ1) is 8.25. The Morgan fingerprint density at radius 2 is 1.94 bits per heavy atom. The number of rotatable bonds is 1. The van der Waals surface area contributed by atoms with Crippen LogP contribution in [0.3, 0.4) is 0 Å². The molecule has 2 N–H and O–H groups in total. The number of anilines is 1. The lowest BCUT2D eigenvalue weighted by Crippen LogP contribution is -1.98. The van der Waals surface area contributed by atoms with Crippen LogP contribution in [0.5, 0.6) is 0 Å². The second-order valence-corrected chi connectivity index (χ2v) is 4.03. The van der Waals surface area contributed by atoms with Gasteiger partial charge in [0.2, 0.25) is 0 Å². The second-order valence-electron chi connectivity index (χ2n) is 4.03. The van der Waals surface area contributed by atoms with Crippen molar-refractivity contribution in [1.29, 1.82) is 0 Å². The van der Waals surface area contributed by atoms with E-state index in [2.05, 4.69) is 10.3 Å². The van der Waals surface area contributed by atoms with E-state index in [1.165, 1.54) is 0 Å². The predicted octanol–water partition coefficient (Wildman–Crippen LogP) is 2.31. The van der Waals surface area contributed by atoms with Gasteiger partial charge in [-0.3, -0.25) is 0 Å². The molecule has 1 aromatic heterocycles. The van der Waals surface area contributed by atoms with Crippen molar-refractivity contribution in [3.8, 4) is 5.69 Å². The average Bonchev–Trinajstić information content (AvgIpc) is 2.76. The number of nitrogen functional groups attached to an aromatic ring is 1. The van der Waals surface area contributed by atoms with E-state index in [0.29, 0.717) is 0 Å². The highest BCUT2D eigenvalue weighted by Gasteiger charge is 2.06. The van der Waals surface area contributed by atoms with Crippen molar-refractivity contribution in [3.05, 3.63) is 48.0 Å². The highest BCUT2D eigenvalue weighted by molar-refractivity contribution is 5.76. The summed E-state index contributed by atoms with van der Waals surface area (Å²) >= 11 is 0. The van der Waals surface area contributed by atoms with Gasteiger partial charge in [-0.25, -0.2) is 4.68 Å². The first kappa shape index (κ1) is 9.84. The van der Waals surface area contributed by atoms with Crippen LogP contribution in [0.1, 0.15) is 5.56 Å². The van der Waals surface area contributed by atoms with Crippen LogP contribution in [0.15, 0.2) is 42.5 Å². The molecule has 0 saturated heterocycles. The molecule has 4 nitrogen and oxygen atoms in total. The molecule has 0 bridgehead atoms. The maximum Gasteiger partial charge on any atom is 0.113 e. The van der Waals surface area contributed by atoms with E-state index < -0.39 is 0 Å². The van der Waals surface area contributed by atoms with Gasteiger partial charge in [0.25, 0.3) is 0 Å². The Morgan fingerprint density at radius 1 is 1.12 bits per heavy atom. The predicted molar refractivity (Wildman–Crippen MR) is 68.0 cm³/mol. The Bertz CT molecular complexity index is 685. The number of hydrogen-bond acceptors (Lipinski definition) is 3. The summed E-state index contributed by atoms with van der Waals surface area (Å²) in [5.74, 6) is 0. The van der Waals surface area contributed by atoms with Crippen LogP contribution in [-0.4, -0.2) is 15.0 Å². The summed E-state index contributed by atoms with van der Waals surface area (Å²) in [4.78, 5) is 0. The third-order valence-corrected chi connectivity index (χ3v) is 2.85. The van der Waals surface area contributed by atoms with Crippen molar-refractivity contribution in [2.75, 3.05) is 5.73 Å². The highest BCUT2D eigenvalue weighted by atomic mass is 15.4. The molecule has 0 fully saturated rings. The summed E-state index contributed by atoms with van der Waals surface area (Å²) < 4.78 is 1.82. The molecule has 0 atom stereocenters. The van der Waals surface area contributed by atoms with Crippen molar-refractivity contribution in [1.82, 2.24) is 15.0 Å². The van der Waals surface area contributed by atoms with E-state index in [1.54, 1.807) is 0 Å². The molecular formula is C13H12N4. The molecule has 0 radical (unpaired) electrons. The fourth-order valence-corrected chi connectivity index (χ4v) is 1.85. The van der Waals surface area contributed by atoms with Crippen molar-refractivity contribution in [2.45, 2.75) is 6.92 Å². The topological polar surface area (TPSA) is 56.7 Å². The zero-order valence-electron chi connectivity index (χ0n) is 9.46. The van der Waals surface area contributed by atoms with Gasteiger partial charge < -0.3 is 5.73 Å². The Labute approximate surface area is 98.7 Å². The number of aromatic nitrogens is 3. The normalized spacial score (nSPS) is 10.9. The number of fused-ring (bicyclic) bond motifs is 1. The largest absolute Gasteiger partial charge is 0.399 e. The monoisotopic (exact) mass is 224 g/mol. The maximum atomic E-state index is 5.81. The average molecular weight is 224 g/mol. The van der Waals surface area contributed by atoms with E-state index in [4.69, 9.17) is 5.73 Å². The van der Waals surface area contributed by atoms with E-state index in [9.17, 15) is 0 Å². The van der Waals surface area contributed by atoms with Gasteiger partial charge in [-0.2, -0.15) is 0 Å². The summed E-state index contributed by atoms with van der Waals surface area (Å²) in [6.07, 6.45) is 0. The van der Waals surface area contributed by atoms with Gasteiger partial charge in [0.15, 0.2) is 0 Å². The third kappa shape index (κ3) is 1.54. The Balaban J connectivity index is 2.24. The Morgan fingerprint density at radius 3 is 2.76 bits per heavy atom. The van der Waals surface area contributed by atoms with Crippen molar-refractivity contribution >= 4 is 16.7 Å². The minimum absolute atomic E-state index is 0.790. The molecule has 84 valence electrons. The zero-order valence-corrected chi connectivity index (χ0v) is 9.46. The van der Waals surface area contributed by atoms with Crippen LogP contribution in [0.25, 0.3) is 16.7 Å². The van der Waals surface area contributed by atoms with E-state index in [-0.39, 0.29) is 0 Å². The van der Waals surface area contributed by atoms with Gasteiger partial charge in [0.05, 0.1) is 11.2 Å². The van der Waals surface area contributed by atoms with E-state index >= 15 is 0 Å². The van der Waals surface area contributed by atoms with Crippen LogP contribution < -0.4 is 5.73 Å². The number of benzene rings is 2. The number of hydrogen-bond donors (Lipinski definition) is 1. The smallest absolute Gasteiger partial charge is 0.113 e. The number of para-hydroxylation sites is 1.